The number of fused-ring (bicyclic) bond motifs is 1. The summed E-state index contributed by atoms with van der Waals surface area (Å²) in [5.41, 5.74) is 6.14. The standard InChI is InChI=1S/C29H37N5O2/c1-21(2)31-13-10-24(11-14-31)22-3-5-23(6-4-22)25-19-28-27(9-12-30-34(28)20-25)32-15-17-33(18-16-32)29(35)36-26-7-8-26/h3-6,9,12,19-21,24,26H,7-8,10-11,13-18H2,1-2H3. The monoisotopic (exact) mass is 487 g/mol. The van der Waals surface area contributed by atoms with Crippen LogP contribution in [0.1, 0.15) is 51.0 Å². The average molecular weight is 488 g/mol. The lowest BCUT2D eigenvalue weighted by Gasteiger charge is -2.35. The van der Waals surface area contributed by atoms with E-state index in [0.717, 1.165) is 31.4 Å². The topological polar surface area (TPSA) is 53.3 Å². The van der Waals surface area contributed by atoms with Gasteiger partial charge in [0.15, 0.2) is 0 Å². The molecule has 1 aromatic carbocycles. The summed E-state index contributed by atoms with van der Waals surface area (Å²) in [5.74, 6) is 0.663. The Hall–Kier alpha value is -3.06. The molecule has 36 heavy (non-hydrogen) atoms. The summed E-state index contributed by atoms with van der Waals surface area (Å²) in [4.78, 5) is 19.1. The number of nitrogens with zero attached hydrogens (tertiary/aromatic N) is 5. The van der Waals surface area contributed by atoms with Gasteiger partial charge in [0.05, 0.1) is 11.2 Å². The SMILES string of the molecule is CC(C)N1CCC(c2ccc(-c3cc4c(N5CCN(C(=O)OC6CC6)CC5)ccnn4c3)cc2)CC1. The zero-order valence-corrected chi connectivity index (χ0v) is 21.5. The van der Waals surface area contributed by atoms with E-state index in [1.807, 2.05) is 15.6 Å². The van der Waals surface area contributed by atoms with Gasteiger partial charge < -0.3 is 19.4 Å². The Balaban J connectivity index is 1.14. The van der Waals surface area contributed by atoms with Crippen LogP contribution < -0.4 is 4.90 Å². The maximum Gasteiger partial charge on any atom is 0.410 e. The Morgan fingerprint density at radius 3 is 2.31 bits per heavy atom. The van der Waals surface area contributed by atoms with Gasteiger partial charge in [-0.1, -0.05) is 24.3 Å². The average Bonchev–Trinajstić information content (AvgIpc) is 3.62. The second-order valence-electron chi connectivity index (χ2n) is 10.9. The molecular formula is C29H37N5O2. The van der Waals surface area contributed by atoms with Crippen molar-refractivity contribution in [3.8, 4) is 11.1 Å². The van der Waals surface area contributed by atoms with Crippen LogP contribution in [-0.2, 0) is 4.74 Å². The number of rotatable bonds is 5. The smallest absolute Gasteiger partial charge is 0.410 e. The molecule has 2 aliphatic heterocycles. The lowest BCUT2D eigenvalue weighted by Crippen LogP contribution is -2.49. The molecule has 0 bridgehead atoms. The van der Waals surface area contributed by atoms with Crippen LogP contribution in [0.5, 0.6) is 0 Å². The van der Waals surface area contributed by atoms with Gasteiger partial charge in [-0.2, -0.15) is 5.10 Å². The molecule has 7 heteroatoms. The van der Waals surface area contributed by atoms with E-state index in [4.69, 9.17) is 4.74 Å². The van der Waals surface area contributed by atoms with Gasteiger partial charge in [-0.05, 0) is 81.8 Å². The Kier molecular flexibility index (Phi) is 6.34. The van der Waals surface area contributed by atoms with Gasteiger partial charge in [0.1, 0.15) is 6.10 Å². The van der Waals surface area contributed by atoms with E-state index >= 15 is 0 Å². The predicted octanol–water partition coefficient (Wildman–Crippen LogP) is 5.01. The van der Waals surface area contributed by atoms with E-state index < -0.39 is 0 Å². The van der Waals surface area contributed by atoms with Crippen molar-refractivity contribution in [2.45, 2.75) is 57.6 Å². The molecule has 0 unspecified atom stereocenters. The molecule has 1 amide bonds. The second kappa shape index (κ2) is 9.77. The van der Waals surface area contributed by atoms with Crippen molar-refractivity contribution >= 4 is 17.3 Å². The molecule has 0 radical (unpaired) electrons. The second-order valence-corrected chi connectivity index (χ2v) is 10.9. The third kappa shape index (κ3) is 4.81. The molecule has 3 aromatic rings. The third-order valence-corrected chi connectivity index (χ3v) is 8.13. The van der Waals surface area contributed by atoms with Crippen LogP contribution in [0.4, 0.5) is 10.5 Å². The number of piperazine rings is 1. The number of amides is 1. The molecule has 190 valence electrons. The van der Waals surface area contributed by atoms with E-state index in [-0.39, 0.29) is 12.2 Å². The summed E-state index contributed by atoms with van der Waals surface area (Å²) in [5, 5.41) is 4.58. The first-order valence-electron chi connectivity index (χ1n) is 13.6. The summed E-state index contributed by atoms with van der Waals surface area (Å²) in [6.07, 6.45) is 8.50. The highest BCUT2D eigenvalue weighted by atomic mass is 16.6. The van der Waals surface area contributed by atoms with Crippen molar-refractivity contribution in [2.75, 3.05) is 44.2 Å². The molecule has 1 aliphatic carbocycles. The minimum atomic E-state index is -0.157. The molecular weight excluding hydrogens is 450 g/mol. The highest BCUT2D eigenvalue weighted by Gasteiger charge is 2.30. The van der Waals surface area contributed by atoms with Gasteiger partial charge in [0.25, 0.3) is 0 Å². The van der Waals surface area contributed by atoms with Crippen molar-refractivity contribution in [2.24, 2.45) is 0 Å². The molecule has 6 rings (SSSR count). The Labute approximate surface area is 213 Å². The first-order valence-corrected chi connectivity index (χ1v) is 13.6. The van der Waals surface area contributed by atoms with Crippen LogP contribution in [0, 0.1) is 0 Å². The number of ether oxygens (including phenoxy) is 1. The Morgan fingerprint density at radius 2 is 1.64 bits per heavy atom. The summed E-state index contributed by atoms with van der Waals surface area (Å²) in [6, 6.07) is 14.1. The summed E-state index contributed by atoms with van der Waals surface area (Å²) >= 11 is 0. The molecule has 1 saturated carbocycles. The van der Waals surface area contributed by atoms with E-state index in [1.165, 1.54) is 48.3 Å². The molecule has 2 aromatic heterocycles. The summed E-state index contributed by atoms with van der Waals surface area (Å²) in [6.45, 7) is 9.94. The number of benzene rings is 1. The van der Waals surface area contributed by atoms with Gasteiger partial charge in [-0.25, -0.2) is 9.31 Å². The highest BCUT2D eigenvalue weighted by molar-refractivity contribution is 5.80. The predicted molar refractivity (Wildman–Crippen MR) is 143 cm³/mol. The van der Waals surface area contributed by atoms with Gasteiger partial charge in [-0.3, -0.25) is 0 Å². The van der Waals surface area contributed by atoms with Gasteiger partial charge in [0.2, 0.25) is 0 Å². The fourth-order valence-corrected chi connectivity index (χ4v) is 5.66. The summed E-state index contributed by atoms with van der Waals surface area (Å²) < 4.78 is 7.46. The Morgan fingerprint density at radius 1 is 0.917 bits per heavy atom. The molecule has 0 N–H and O–H groups in total. The number of piperidine rings is 1. The van der Waals surface area contributed by atoms with Crippen molar-refractivity contribution in [3.05, 3.63) is 54.4 Å². The number of anilines is 1. The van der Waals surface area contributed by atoms with Crippen LogP contribution >= 0.6 is 0 Å². The molecule has 3 fully saturated rings. The van der Waals surface area contributed by atoms with E-state index in [9.17, 15) is 4.79 Å². The Bertz CT molecular complexity index is 1200. The van der Waals surface area contributed by atoms with Crippen LogP contribution in [-0.4, -0.2) is 76.9 Å². The van der Waals surface area contributed by atoms with E-state index in [2.05, 4.69) is 71.3 Å². The molecule has 3 aliphatic rings. The van der Waals surface area contributed by atoms with Crippen molar-refractivity contribution in [3.63, 3.8) is 0 Å². The maximum absolute atomic E-state index is 12.3. The van der Waals surface area contributed by atoms with Crippen LogP contribution in [0.25, 0.3) is 16.6 Å². The fourth-order valence-electron chi connectivity index (χ4n) is 5.66. The number of hydrogen-bond acceptors (Lipinski definition) is 5. The van der Waals surface area contributed by atoms with Gasteiger partial charge >= 0.3 is 6.09 Å². The summed E-state index contributed by atoms with van der Waals surface area (Å²) in [7, 11) is 0. The lowest BCUT2D eigenvalue weighted by molar-refractivity contribution is 0.0939. The quantitative estimate of drug-likeness (QED) is 0.506. The molecule has 0 atom stereocenters. The minimum absolute atomic E-state index is 0.154. The van der Waals surface area contributed by atoms with Crippen molar-refractivity contribution < 1.29 is 9.53 Å². The zero-order chi connectivity index (χ0) is 24.6. The number of carbonyl (C=O) groups is 1. The van der Waals surface area contributed by atoms with Crippen LogP contribution in [0.2, 0.25) is 0 Å². The zero-order valence-electron chi connectivity index (χ0n) is 21.5. The number of carbonyl (C=O) groups excluding carboxylic acids is 1. The van der Waals surface area contributed by atoms with Gasteiger partial charge in [-0.15, -0.1) is 0 Å². The number of likely N-dealkylation sites (tertiary alicyclic amines) is 1. The fraction of sp³-hybridized carbons (Fsp3) is 0.517. The minimum Gasteiger partial charge on any atom is -0.446 e. The number of hydrogen-bond donors (Lipinski definition) is 0. The van der Waals surface area contributed by atoms with E-state index in [0.29, 0.717) is 25.0 Å². The third-order valence-electron chi connectivity index (χ3n) is 8.13. The van der Waals surface area contributed by atoms with Crippen LogP contribution in [0.15, 0.2) is 48.8 Å². The highest BCUT2D eigenvalue weighted by Crippen LogP contribution is 2.33. The lowest BCUT2D eigenvalue weighted by atomic mass is 9.88. The normalized spacial score (nSPS) is 19.9. The first-order chi connectivity index (χ1) is 17.5. The van der Waals surface area contributed by atoms with Crippen LogP contribution in [0.3, 0.4) is 0 Å². The maximum atomic E-state index is 12.3. The van der Waals surface area contributed by atoms with Gasteiger partial charge in [0, 0.05) is 50.2 Å². The first kappa shape index (κ1) is 23.3. The van der Waals surface area contributed by atoms with E-state index in [1.54, 1.807) is 0 Å². The molecule has 2 saturated heterocycles. The molecule has 4 heterocycles. The van der Waals surface area contributed by atoms with Crippen molar-refractivity contribution in [1.82, 2.24) is 19.4 Å². The molecule has 0 spiro atoms. The van der Waals surface area contributed by atoms with Crippen molar-refractivity contribution in [1.29, 1.82) is 0 Å². The number of aromatic nitrogens is 2. The molecule has 7 nitrogen and oxygen atoms in total. The largest absolute Gasteiger partial charge is 0.446 e.